The second-order valence-electron chi connectivity index (χ2n) is 4.93. The van der Waals surface area contributed by atoms with Gasteiger partial charge in [-0.2, -0.15) is 0 Å². The molecule has 1 saturated heterocycles. The summed E-state index contributed by atoms with van der Waals surface area (Å²) in [7, 11) is 0. The number of nitrogens with one attached hydrogen (secondary N) is 1. The number of benzene rings is 1. The molecule has 9 heteroatoms. The van der Waals surface area contributed by atoms with E-state index in [1.54, 1.807) is 0 Å². The molecular formula is C14H15ClN2O6. The minimum Gasteiger partial charge on any atom is -0.452 e. The number of amides is 1. The van der Waals surface area contributed by atoms with Crippen LogP contribution in [0, 0.1) is 10.1 Å². The Morgan fingerprint density at radius 1 is 1.48 bits per heavy atom. The summed E-state index contributed by atoms with van der Waals surface area (Å²) < 4.78 is 10.1. The van der Waals surface area contributed by atoms with Crippen LogP contribution in [0.1, 0.15) is 23.2 Å². The number of esters is 1. The Hall–Kier alpha value is -2.19. The summed E-state index contributed by atoms with van der Waals surface area (Å²) in [4.78, 5) is 33.7. The van der Waals surface area contributed by atoms with Gasteiger partial charge in [-0.05, 0) is 25.0 Å². The summed E-state index contributed by atoms with van der Waals surface area (Å²) in [6.45, 7) is 0.483. The zero-order chi connectivity index (χ0) is 16.8. The van der Waals surface area contributed by atoms with Gasteiger partial charge in [0.25, 0.3) is 11.6 Å². The highest BCUT2D eigenvalue weighted by Gasteiger charge is 2.23. The number of nitrogens with zero attached hydrogens (tertiary/aromatic N) is 1. The molecule has 1 aromatic rings. The van der Waals surface area contributed by atoms with Crippen LogP contribution in [-0.4, -0.2) is 42.7 Å². The molecule has 0 spiro atoms. The lowest BCUT2D eigenvalue weighted by atomic mass is 10.2. The lowest BCUT2D eigenvalue weighted by Crippen LogP contribution is -2.34. The van der Waals surface area contributed by atoms with Crippen molar-refractivity contribution < 1.29 is 24.0 Å². The van der Waals surface area contributed by atoms with E-state index in [1.807, 2.05) is 0 Å². The normalized spacial score (nSPS) is 16.8. The molecule has 23 heavy (non-hydrogen) atoms. The Labute approximate surface area is 136 Å². The molecule has 2 rings (SSSR count). The van der Waals surface area contributed by atoms with E-state index in [4.69, 9.17) is 21.1 Å². The first-order chi connectivity index (χ1) is 11.0. The maximum atomic E-state index is 11.9. The van der Waals surface area contributed by atoms with Gasteiger partial charge >= 0.3 is 5.97 Å². The van der Waals surface area contributed by atoms with Gasteiger partial charge in [-0.25, -0.2) is 4.79 Å². The summed E-state index contributed by atoms with van der Waals surface area (Å²) >= 11 is 5.73. The van der Waals surface area contributed by atoms with Gasteiger partial charge in [0, 0.05) is 24.2 Å². The molecule has 1 amide bonds. The van der Waals surface area contributed by atoms with Crippen LogP contribution in [0.25, 0.3) is 0 Å². The Morgan fingerprint density at radius 3 is 2.91 bits per heavy atom. The molecule has 0 bridgehead atoms. The quantitative estimate of drug-likeness (QED) is 0.479. The molecule has 1 aliphatic rings. The minimum atomic E-state index is -0.980. The van der Waals surface area contributed by atoms with Gasteiger partial charge in [0.15, 0.2) is 6.61 Å². The lowest BCUT2D eigenvalue weighted by molar-refractivity contribution is -0.385. The van der Waals surface area contributed by atoms with Crippen LogP contribution in [-0.2, 0) is 14.3 Å². The first-order valence-electron chi connectivity index (χ1n) is 6.96. The fourth-order valence-corrected chi connectivity index (χ4v) is 2.30. The molecule has 1 unspecified atom stereocenters. The Morgan fingerprint density at radius 2 is 2.26 bits per heavy atom. The monoisotopic (exact) mass is 342 g/mol. The number of ether oxygens (including phenoxy) is 2. The van der Waals surface area contributed by atoms with Crippen LogP contribution in [0.5, 0.6) is 0 Å². The molecule has 1 heterocycles. The van der Waals surface area contributed by atoms with E-state index in [0.717, 1.165) is 25.0 Å². The molecule has 8 nitrogen and oxygen atoms in total. The van der Waals surface area contributed by atoms with E-state index in [0.29, 0.717) is 13.2 Å². The van der Waals surface area contributed by atoms with Crippen molar-refractivity contribution in [2.75, 3.05) is 19.8 Å². The third-order valence-electron chi connectivity index (χ3n) is 3.26. The Kier molecular flexibility index (Phi) is 5.89. The molecule has 0 radical (unpaired) electrons. The van der Waals surface area contributed by atoms with Crippen molar-refractivity contribution in [3.05, 3.63) is 38.9 Å². The second kappa shape index (κ2) is 7.89. The molecular weight excluding hydrogens is 328 g/mol. The Bertz CT molecular complexity index is 615. The van der Waals surface area contributed by atoms with Gasteiger partial charge < -0.3 is 14.8 Å². The SMILES string of the molecule is O=C(COC(=O)c1cc(Cl)ccc1[N+](=O)[O-])NCC1CCCO1. The summed E-state index contributed by atoms with van der Waals surface area (Å²) in [6, 6.07) is 3.54. The first-order valence-corrected chi connectivity index (χ1v) is 7.34. The van der Waals surface area contributed by atoms with Crippen LogP contribution < -0.4 is 5.32 Å². The number of nitro benzene ring substituents is 1. The highest BCUT2D eigenvalue weighted by molar-refractivity contribution is 6.31. The topological polar surface area (TPSA) is 108 Å². The minimum absolute atomic E-state index is 0.0244. The standard InChI is InChI=1S/C14H15ClN2O6/c15-9-3-4-12(17(20)21)11(6-9)14(19)23-8-13(18)16-7-10-2-1-5-22-10/h3-4,6,10H,1-2,5,7-8H2,(H,16,18). The number of rotatable bonds is 6. The van der Waals surface area contributed by atoms with E-state index in [9.17, 15) is 19.7 Å². The summed E-state index contributed by atoms with van der Waals surface area (Å²) in [5.41, 5.74) is -0.728. The number of nitro groups is 1. The molecule has 0 aliphatic carbocycles. The van der Waals surface area contributed by atoms with Crippen molar-refractivity contribution in [1.29, 1.82) is 0 Å². The zero-order valence-corrected chi connectivity index (χ0v) is 12.9. The number of hydrogen-bond donors (Lipinski definition) is 1. The Balaban J connectivity index is 1.87. The summed E-state index contributed by atoms with van der Waals surface area (Å²) in [6.07, 6.45) is 1.80. The predicted molar refractivity (Wildman–Crippen MR) is 80.4 cm³/mol. The van der Waals surface area contributed by atoms with Gasteiger partial charge in [0.1, 0.15) is 5.56 Å². The van der Waals surface area contributed by atoms with Crippen molar-refractivity contribution in [2.45, 2.75) is 18.9 Å². The van der Waals surface area contributed by atoms with Crippen LogP contribution in [0.15, 0.2) is 18.2 Å². The number of halogens is 1. The van der Waals surface area contributed by atoms with Crippen molar-refractivity contribution in [1.82, 2.24) is 5.32 Å². The molecule has 0 saturated carbocycles. The summed E-state index contributed by atoms with van der Waals surface area (Å²) in [5.74, 6) is -1.48. The van der Waals surface area contributed by atoms with Crippen LogP contribution in [0.4, 0.5) is 5.69 Å². The molecule has 1 atom stereocenters. The largest absolute Gasteiger partial charge is 0.452 e. The fourth-order valence-electron chi connectivity index (χ4n) is 2.12. The third kappa shape index (κ3) is 4.90. The van der Waals surface area contributed by atoms with E-state index < -0.39 is 29.1 Å². The molecule has 124 valence electrons. The van der Waals surface area contributed by atoms with E-state index in [2.05, 4.69) is 5.32 Å². The van der Waals surface area contributed by atoms with Gasteiger partial charge in [-0.1, -0.05) is 11.6 Å². The highest BCUT2D eigenvalue weighted by atomic mass is 35.5. The predicted octanol–water partition coefficient (Wildman–Crippen LogP) is 1.70. The van der Waals surface area contributed by atoms with Gasteiger partial charge in [-0.3, -0.25) is 14.9 Å². The van der Waals surface area contributed by atoms with Crippen molar-refractivity contribution in [3.8, 4) is 0 Å². The van der Waals surface area contributed by atoms with Crippen LogP contribution in [0.2, 0.25) is 5.02 Å². The number of carbonyl (C=O) groups is 2. The third-order valence-corrected chi connectivity index (χ3v) is 3.50. The smallest absolute Gasteiger partial charge is 0.345 e. The molecule has 1 N–H and O–H groups in total. The van der Waals surface area contributed by atoms with Crippen molar-refractivity contribution in [2.24, 2.45) is 0 Å². The van der Waals surface area contributed by atoms with Crippen LogP contribution in [0.3, 0.4) is 0 Å². The molecule has 1 aromatic carbocycles. The molecule has 1 fully saturated rings. The highest BCUT2D eigenvalue weighted by Crippen LogP contribution is 2.23. The van der Waals surface area contributed by atoms with E-state index in [-0.39, 0.29) is 16.7 Å². The molecule has 0 aromatic heterocycles. The van der Waals surface area contributed by atoms with Gasteiger partial charge in [-0.15, -0.1) is 0 Å². The fraction of sp³-hybridized carbons (Fsp3) is 0.429. The van der Waals surface area contributed by atoms with Gasteiger partial charge in [0.2, 0.25) is 0 Å². The average molecular weight is 343 g/mol. The second-order valence-corrected chi connectivity index (χ2v) is 5.37. The number of carbonyl (C=O) groups excluding carboxylic acids is 2. The van der Waals surface area contributed by atoms with E-state index in [1.165, 1.54) is 6.07 Å². The average Bonchev–Trinajstić information content (AvgIpc) is 3.03. The van der Waals surface area contributed by atoms with Gasteiger partial charge in [0.05, 0.1) is 11.0 Å². The number of hydrogen-bond acceptors (Lipinski definition) is 6. The lowest BCUT2D eigenvalue weighted by Gasteiger charge is -2.11. The van der Waals surface area contributed by atoms with Crippen molar-refractivity contribution >= 4 is 29.2 Å². The first kappa shape index (κ1) is 17.2. The maximum Gasteiger partial charge on any atom is 0.345 e. The zero-order valence-electron chi connectivity index (χ0n) is 12.1. The maximum absolute atomic E-state index is 11.9. The summed E-state index contributed by atoms with van der Waals surface area (Å²) in [5, 5.41) is 13.6. The van der Waals surface area contributed by atoms with E-state index >= 15 is 0 Å². The molecule has 1 aliphatic heterocycles. The van der Waals surface area contributed by atoms with Crippen LogP contribution >= 0.6 is 11.6 Å². The van der Waals surface area contributed by atoms with Crippen molar-refractivity contribution in [3.63, 3.8) is 0 Å².